The van der Waals surface area contributed by atoms with Gasteiger partial charge in [0.25, 0.3) is 5.91 Å². The Morgan fingerprint density at radius 3 is 2.55 bits per heavy atom. The van der Waals surface area contributed by atoms with E-state index >= 15 is 0 Å². The number of hydrogen-bond acceptors (Lipinski definition) is 3. The van der Waals surface area contributed by atoms with E-state index in [1.165, 1.54) is 11.8 Å². The third kappa shape index (κ3) is 4.62. The fourth-order valence-corrected chi connectivity index (χ4v) is 1.54. The van der Waals surface area contributed by atoms with Crippen molar-refractivity contribution >= 4 is 11.6 Å². The molecule has 0 saturated carbocycles. The molecule has 1 rings (SSSR count). The molecule has 2 N–H and O–H groups in total. The standard InChI is InChI=1S/C16H19N3O/c1-4-9-18-11-14(10-17)16(20)19-15-7-5-13(6-8-15)12(2)3/h4-8,11-12,18H,1,9H2,2-3H3,(H,19,20)/b14-11-. The number of carbonyl (C=O) groups excluding carboxylic acids is 1. The van der Waals surface area contributed by atoms with Crippen LogP contribution in [-0.4, -0.2) is 12.5 Å². The molecule has 0 unspecified atom stereocenters. The highest BCUT2D eigenvalue weighted by Gasteiger charge is 2.09. The second-order valence-corrected chi connectivity index (χ2v) is 4.60. The number of amides is 1. The molecule has 1 aromatic carbocycles. The van der Waals surface area contributed by atoms with Crippen LogP contribution in [0.4, 0.5) is 5.69 Å². The van der Waals surface area contributed by atoms with Crippen LogP contribution in [0.3, 0.4) is 0 Å². The summed E-state index contributed by atoms with van der Waals surface area (Å²) >= 11 is 0. The second kappa shape index (κ2) is 7.80. The molecule has 104 valence electrons. The van der Waals surface area contributed by atoms with Crippen LogP contribution in [0, 0.1) is 11.3 Å². The van der Waals surface area contributed by atoms with E-state index in [-0.39, 0.29) is 5.57 Å². The Balaban J connectivity index is 2.71. The topological polar surface area (TPSA) is 64.9 Å². The normalized spacial score (nSPS) is 10.8. The molecule has 0 aromatic heterocycles. The number of nitrogens with zero attached hydrogens (tertiary/aromatic N) is 1. The number of nitrogens with one attached hydrogen (secondary N) is 2. The summed E-state index contributed by atoms with van der Waals surface area (Å²) in [5.74, 6) is 0.0128. The number of anilines is 1. The van der Waals surface area contributed by atoms with Gasteiger partial charge in [-0.05, 0) is 23.6 Å². The molecular formula is C16H19N3O. The predicted molar refractivity (Wildman–Crippen MR) is 81.1 cm³/mol. The van der Waals surface area contributed by atoms with E-state index in [1.807, 2.05) is 30.3 Å². The Labute approximate surface area is 119 Å². The van der Waals surface area contributed by atoms with Crippen molar-refractivity contribution < 1.29 is 4.79 Å². The molecule has 0 bridgehead atoms. The molecule has 0 saturated heterocycles. The van der Waals surface area contributed by atoms with Crippen molar-refractivity contribution in [3.63, 3.8) is 0 Å². The molecule has 1 aromatic rings. The molecule has 0 aliphatic carbocycles. The number of nitriles is 1. The maximum Gasteiger partial charge on any atom is 0.267 e. The van der Waals surface area contributed by atoms with Crippen molar-refractivity contribution in [1.29, 1.82) is 5.26 Å². The van der Waals surface area contributed by atoms with Crippen LogP contribution in [0.25, 0.3) is 0 Å². The molecule has 4 nitrogen and oxygen atoms in total. The lowest BCUT2D eigenvalue weighted by atomic mass is 10.0. The smallest absolute Gasteiger partial charge is 0.267 e. The summed E-state index contributed by atoms with van der Waals surface area (Å²) in [5, 5.41) is 14.4. The number of carbonyl (C=O) groups is 1. The lowest BCUT2D eigenvalue weighted by molar-refractivity contribution is -0.112. The molecule has 0 radical (unpaired) electrons. The summed E-state index contributed by atoms with van der Waals surface area (Å²) in [6.45, 7) is 8.26. The van der Waals surface area contributed by atoms with E-state index in [0.29, 0.717) is 18.2 Å². The third-order valence-corrected chi connectivity index (χ3v) is 2.71. The average molecular weight is 269 g/mol. The zero-order chi connectivity index (χ0) is 15.0. The largest absolute Gasteiger partial charge is 0.386 e. The minimum absolute atomic E-state index is 0.0276. The molecule has 0 atom stereocenters. The van der Waals surface area contributed by atoms with Gasteiger partial charge in [-0.15, -0.1) is 6.58 Å². The SMILES string of the molecule is C=CCN/C=C(/C#N)C(=O)Nc1ccc(C(C)C)cc1. The van der Waals surface area contributed by atoms with Gasteiger partial charge in [0.15, 0.2) is 0 Å². The van der Waals surface area contributed by atoms with Gasteiger partial charge in [-0.2, -0.15) is 5.26 Å². The van der Waals surface area contributed by atoms with Gasteiger partial charge in [-0.25, -0.2) is 0 Å². The molecule has 1 amide bonds. The van der Waals surface area contributed by atoms with E-state index in [2.05, 4.69) is 31.1 Å². The van der Waals surface area contributed by atoms with E-state index in [4.69, 9.17) is 5.26 Å². The summed E-state index contributed by atoms with van der Waals surface area (Å²) in [7, 11) is 0. The van der Waals surface area contributed by atoms with Crippen molar-refractivity contribution in [2.24, 2.45) is 0 Å². The van der Waals surface area contributed by atoms with Crippen LogP contribution in [0.2, 0.25) is 0 Å². The monoisotopic (exact) mass is 269 g/mol. The van der Waals surface area contributed by atoms with Gasteiger partial charge in [0.05, 0.1) is 0 Å². The highest BCUT2D eigenvalue weighted by molar-refractivity contribution is 6.06. The molecule has 0 heterocycles. The van der Waals surface area contributed by atoms with Gasteiger partial charge < -0.3 is 10.6 Å². The van der Waals surface area contributed by atoms with Crippen LogP contribution in [0.15, 0.2) is 48.7 Å². The molecule has 0 aliphatic heterocycles. The Morgan fingerprint density at radius 1 is 1.40 bits per heavy atom. The van der Waals surface area contributed by atoms with Crippen molar-refractivity contribution in [2.75, 3.05) is 11.9 Å². The van der Waals surface area contributed by atoms with Gasteiger partial charge >= 0.3 is 0 Å². The molecule has 4 heteroatoms. The zero-order valence-electron chi connectivity index (χ0n) is 11.8. The lowest BCUT2D eigenvalue weighted by Crippen LogP contribution is -2.16. The Morgan fingerprint density at radius 2 is 2.05 bits per heavy atom. The van der Waals surface area contributed by atoms with Crippen LogP contribution < -0.4 is 10.6 Å². The van der Waals surface area contributed by atoms with Gasteiger partial charge in [-0.3, -0.25) is 4.79 Å². The van der Waals surface area contributed by atoms with E-state index in [1.54, 1.807) is 6.08 Å². The fourth-order valence-electron chi connectivity index (χ4n) is 1.54. The first-order chi connectivity index (χ1) is 9.58. The highest BCUT2D eigenvalue weighted by Crippen LogP contribution is 2.17. The summed E-state index contributed by atoms with van der Waals surface area (Å²) in [6.07, 6.45) is 3.04. The minimum Gasteiger partial charge on any atom is -0.386 e. The summed E-state index contributed by atoms with van der Waals surface area (Å²) < 4.78 is 0. The van der Waals surface area contributed by atoms with Crippen LogP contribution >= 0.6 is 0 Å². The van der Waals surface area contributed by atoms with E-state index < -0.39 is 5.91 Å². The maximum atomic E-state index is 11.9. The number of rotatable bonds is 6. The summed E-state index contributed by atoms with van der Waals surface area (Å²) in [6, 6.07) is 9.46. The van der Waals surface area contributed by atoms with Crippen molar-refractivity contribution in [1.82, 2.24) is 5.32 Å². The van der Waals surface area contributed by atoms with Gasteiger partial charge in [0, 0.05) is 18.4 Å². The van der Waals surface area contributed by atoms with Crippen molar-refractivity contribution in [2.45, 2.75) is 19.8 Å². The van der Waals surface area contributed by atoms with E-state index in [0.717, 1.165) is 0 Å². The third-order valence-electron chi connectivity index (χ3n) is 2.71. The first-order valence-corrected chi connectivity index (χ1v) is 6.44. The Kier molecular flexibility index (Phi) is 6.05. The van der Waals surface area contributed by atoms with Gasteiger partial charge in [0.2, 0.25) is 0 Å². The molecule has 0 aliphatic rings. The molecule has 0 fully saturated rings. The maximum absolute atomic E-state index is 11.9. The first kappa shape index (κ1) is 15.5. The average Bonchev–Trinajstić information content (AvgIpc) is 2.44. The Hall–Kier alpha value is -2.54. The van der Waals surface area contributed by atoms with Crippen molar-refractivity contribution in [3.05, 3.63) is 54.3 Å². The predicted octanol–water partition coefficient (Wildman–Crippen LogP) is 2.93. The van der Waals surface area contributed by atoms with Crippen molar-refractivity contribution in [3.8, 4) is 6.07 Å². The van der Waals surface area contributed by atoms with E-state index in [9.17, 15) is 4.79 Å². The molecule has 20 heavy (non-hydrogen) atoms. The number of hydrogen-bond donors (Lipinski definition) is 2. The fraction of sp³-hybridized carbons (Fsp3) is 0.250. The van der Waals surface area contributed by atoms with Crippen LogP contribution in [0.1, 0.15) is 25.3 Å². The summed E-state index contributed by atoms with van der Waals surface area (Å²) in [5.41, 5.74) is 1.90. The quantitative estimate of drug-likeness (QED) is 0.361. The highest BCUT2D eigenvalue weighted by atomic mass is 16.1. The van der Waals surface area contributed by atoms with Crippen LogP contribution in [0.5, 0.6) is 0 Å². The van der Waals surface area contributed by atoms with Gasteiger partial charge in [0.1, 0.15) is 11.6 Å². The first-order valence-electron chi connectivity index (χ1n) is 6.44. The molecule has 0 spiro atoms. The van der Waals surface area contributed by atoms with Gasteiger partial charge in [-0.1, -0.05) is 32.1 Å². The second-order valence-electron chi connectivity index (χ2n) is 4.60. The lowest BCUT2D eigenvalue weighted by Gasteiger charge is -2.08. The summed E-state index contributed by atoms with van der Waals surface area (Å²) in [4.78, 5) is 11.9. The zero-order valence-corrected chi connectivity index (χ0v) is 11.8. The Bertz CT molecular complexity index is 536. The number of benzene rings is 1. The van der Waals surface area contributed by atoms with Crippen LogP contribution in [-0.2, 0) is 4.79 Å². The minimum atomic E-state index is -0.429. The molecular weight excluding hydrogens is 250 g/mol.